The lowest BCUT2D eigenvalue weighted by Crippen LogP contribution is -2.19. The van der Waals surface area contributed by atoms with E-state index >= 15 is 0 Å². The van der Waals surface area contributed by atoms with E-state index in [4.69, 9.17) is 0 Å². The van der Waals surface area contributed by atoms with Gasteiger partial charge in [0.15, 0.2) is 0 Å². The first-order valence-corrected chi connectivity index (χ1v) is 6.78. The minimum absolute atomic E-state index is 0.311. The van der Waals surface area contributed by atoms with Crippen molar-refractivity contribution in [3.05, 3.63) is 12.7 Å². The molecule has 0 aliphatic heterocycles. The molecule has 0 aliphatic rings. The zero-order valence-electron chi connectivity index (χ0n) is 12.0. The van der Waals surface area contributed by atoms with Gasteiger partial charge in [0, 0.05) is 13.1 Å². The lowest BCUT2D eigenvalue weighted by Gasteiger charge is -2.14. The Kier molecular flexibility index (Phi) is 4.80. The molecular weight excluding hydrogens is 256 g/mol. The number of hydrogen-bond acceptors (Lipinski definition) is 7. The summed E-state index contributed by atoms with van der Waals surface area (Å²) in [6, 6.07) is 0.311. The number of nitrogens with one attached hydrogen (secondary N) is 2. The standard InChI is InChI=1S/C12H20N8/c1-4-5-6-9(2)16-11-17-10(13-3)18-12(19-11)20-8-14-7-15-20/h7-9H,4-6H2,1-3H3,(H2,13,16,17,18,19). The summed E-state index contributed by atoms with van der Waals surface area (Å²) in [6.45, 7) is 4.30. The second kappa shape index (κ2) is 6.78. The fraction of sp³-hybridized carbons (Fsp3) is 0.583. The second-order valence-corrected chi connectivity index (χ2v) is 4.56. The van der Waals surface area contributed by atoms with E-state index in [9.17, 15) is 0 Å². The Balaban J connectivity index is 2.18. The van der Waals surface area contributed by atoms with Gasteiger partial charge in [0.2, 0.25) is 11.9 Å². The average Bonchev–Trinajstić information content (AvgIpc) is 2.99. The Morgan fingerprint density at radius 2 is 2.05 bits per heavy atom. The van der Waals surface area contributed by atoms with Crippen molar-refractivity contribution in [3.8, 4) is 5.95 Å². The zero-order valence-corrected chi connectivity index (χ0v) is 12.0. The van der Waals surface area contributed by atoms with Crippen molar-refractivity contribution in [3.63, 3.8) is 0 Å². The first-order chi connectivity index (χ1) is 9.72. The third kappa shape index (κ3) is 3.62. The first kappa shape index (κ1) is 14.2. The van der Waals surface area contributed by atoms with Gasteiger partial charge in [0.05, 0.1) is 0 Å². The SMILES string of the molecule is CCCCC(C)Nc1nc(NC)nc(-n2cncn2)n1. The number of aromatic nitrogens is 6. The van der Waals surface area contributed by atoms with Gasteiger partial charge in [0.25, 0.3) is 5.95 Å². The summed E-state index contributed by atoms with van der Waals surface area (Å²) >= 11 is 0. The van der Waals surface area contributed by atoms with Crippen LogP contribution in [-0.2, 0) is 0 Å². The van der Waals surface area contributed by atoms with Crippen molar-refractivity contribution >= 4 is 11.9 Å². The lowest BCUT2D eigenvalue weighted by molar-refractivity contribution is 0.639. The highest BCUT2D eigenvalue weighted by Gasteiger charge is 2.10. The number of unbranched alkanes of at least 4 members (excludes halogenated alkanes) is 1. The molecular formula is C12H20N8. The number of nitrogens with zero attached hydrogens (tertiary/aromatic N) is 6. The van der Waals surface area contributed by atoms with Gasteiger partial charge in [-0.15, -0.1) is 0 Å². The molecule has 0 radical (unpaired) electrons. The van der Waals surface area contributed by atoms with Crippen LogP contribution < -0.4 is 10.6 Å². The molecule has 0 spiro atoms. The summed E-state index contributed by atoms with van der Waals surface area (Å²) in [4.78, 5) is 16.8. The highest BCUT2D eigenvalue weighted by atomic mass is 15.4. The van der Waals surface area contributed by atoms with Crippen LogP contribution in [0.2, 0.25) is 0 Å². The molecule has 0 bridgehead atoms. The molecule has 0 saturated heterocycles. The van der Waals surface area contributed by atoms with Gasteiger partial charge < -0.3 is 10.6 Å². The van der Waals surface area contributed by atoms with E-state index in [2.05, 4.69) is 49.5 Å². The molecule has 8 heteroatoms. The molecule has 0 fully saturated rings. The third-order valence-corrected chi connectivity index (χ3v) is 2.84. The van der Waals surface area contributed by atoms with Crippen LogP contribution in [0.4, 0.5) is 11.9 Å². The largest absolute Gasteiger partial charge is 0.357 e. The van der Waals surface area contributed by atoms with E-state index < -0.39 is 0 Å². The van der Waals surface area contributed by atoms with Crippen LogP contribution >= 0.6 is 0 Å². The molecule has 0 aromatic carbocycles. The fourth-order valence-electron chi connectivity index (χ4n) is 1.76. The minimum Gasteiger partial charge on any atom is -0.357 e. The van der Waals surface area contributed by atoms with Crippen LogP contribution in [0.3, 0.4) is 0 Å². The monoisotopic (exact) mass is 276 g/mol. The molecule has 0 aliphatic carbocycles. The van der Waals surface area contributed by atoms with E-state index in [1.807, 2.05) is 0 Å². The number of hydrogen-bond donors (Lipinski definition) is 2. The van der Waals surface area contributed by atoms with Gasteiger partial charge in [-0.2, -0.15) is 24.7 Å². The van der Waals surface area contributed by atoms with Crippen molar-refractivity contribution in [2.24, 2.45) is 0 Å². The Labute approximate surface area is 118 Å². The van der Waals surface area contributed by atoms with E-state index in [0.717, 1.165) is 6.42 Å². The van der Waals surface area contributed by atoms with Crippen LogP contribution in [-0.4, -0.2) is 42.8 Å². The Morgan fingerprint density at radius 3 is 2.70 bits per heavy atom. The molecule has 0 saturated carbocycles. The van der Waals surface area contributed by atoms with Crippen LogP contribution in [0.1, 0.15) is 33.1 Å². The summed E-state index contributed by atoms with van der Waals surface area (Å²) in [7, 11) is 1.77. The number of anilines is 2. The molecule has 2 aromatic heterocycles. The molecule has 2 heterocycles. The molecule has 108 valence electrons. The maximum Gasteiger partial charge on any atom is 0.258 e. The minimum atomic E-state index is 0.311. The lowest BCUT2D eigenvalue weighted by atomic mass is 10.1. The Hall–Kier alpha value is -2.25. The highest BCUT2D eigenvalue weighted by Crippen LogP contribution is 2.11. The van der Waals surface area contributed by atoms with Gasteiger partial charge in [-0.1, -0.05) is 19.8 Å². The summed E-state index contributed by atoms with van der Waals surface area (Å²) < 4.78 is 1.50. The summed E-state index contributed by atoms with van der Waals surface area (Å²) in [6.07, 6.45) is 6.43. The summed E-state index contributed by atoms with van der Waals surface area (Å²) in [5, 5.41) is 10.2. The molecule has 8 nitrogen and oxygen atoms in total. The molecule has 20 heavy (non-hydrogen) atoms. The molecule has 2 N–H and O–H groups in total. The van der Waals surface area contributed by atoms with Crippen molar-refractivity contribution in [1.82, 2.24) is 29.7 Å². The van der Waals surface area contributed by atoms with Crippen molar-refractivity contribution in [1.29, 1.82) is 0 Å². The summed E-state index contributed by atoms with van der Waals surface area (Å²) in [5.41, 5.74) is 0. The molecule has 0 amide bonds. The normalized spacial score (nSPS) is 12.2. The van der Waals surface area contributed by atoms with Crippen molar-refractivity contribution in [2.75, 3.05) is 17.7 Å². The van der Waals surface area contributed by atoms with Crippen LogP contribution in [0.15, 0.2) is 12.7 Å². The highest BCUT2D eigenvalue weighted by molar-refractivity contribution is 5.37. The van der Waals surface area contributed by atoms with E-state index in [1.165, 1.54) is 23.9 Å². The predicted octanol–water partition coefficient (Wildman–Crippen LogP) is 1.48. The maximum absolute atomic E-state index is 4.36. The van der Waals surface area contributed by atoms with Crippen LogP contribution in [0, 0.1) is 0 Å². The van der Waals surface area contributed by atoms with Crippen molar-refractivity contribution in [2.45, 2.75) is 39.2 Å². The Bertz CT molecular complexity index is 524. The molecule has 1 atom stereocenters. The smallest absolute Gasteiger partial charge is 0.258 e. The van der Waals surface area contributed by atoms with Crippen LogP contribution in [0.5, 0.6) is 0 Å². The van der Waals surface area contributed by atoms with Gasteiger partial charge in [-0.05, 0) is 13.3 Å². The Morgan fingerprint density at radius 1 is 1.25 bits per heavy atom. The third-order valence-electron chi connectivity index (χ3n) is 2.84. The molecule has 1 unspecified atom stereocenters. The van der Waals surface area contributed by atoms with Crippen LogP contribution in [0.25, 0.3) is 5.95 Å². The fourth-order valence-corrected chi connectivity index (χ4v) is 1.76. The average molecular weight is 276 g/mol. The second-order valence-electron chi connectivity index (χ2n) is 4.56. The molecule has 2 rings (SSSR count). The molecule has 2 aromatic rings. The zero-order chi connectivity index (χ0) is 14.4. The van der Waals surface area contributed by atoms with Gasteiger partial charge >= 0.3 is 0 Å². The van der Waals surface area contributed by atoms with E-state index in [0.29, 0.717) is 23.9 Å². The predicted molar refractivity (Wildman–Crippen MR) is 76.9 cm³/mol. The maximum atomic E-state index is 4.36. The topological polar surface area (TPSA) is 93.4 Å². The van der Waals surface area contributed by atoms with E-state index in [1.54, 1.807) is 13.4 Å². The van der Waals surface area contributed by atoms with Gasteiger partial charge in [-0.3, -0.25) is 0 Å². The number of rotatable bonds is 7. The van der Waals surface area contributed by atoms with Crippen molar-refractivity contribution < 1.29 is 0 Å². The summed E-state index contributed by atoms with van der Waals surface area (Å²) in [5.74, 6) is 1.47. The van der Waals surface area contributed by atoms with E-state index in [-0.39, 0.29) is 0 Å². The first-order valence-electron chi connectivity index (χ1n) is 6.78. The quantitative estimate of drug-likeness (QED) is 0.791. The van der Waals surface area contributed by atoms with Gasteiger partial charge in [0.1, 0.15) is 12.7 Å². The van der Waals surface area contributed by atoms with Gasteiger partial charge in [-0.25, -0.2) is 4.98 Å².